The molecule has 0 aliphatic heterocycles. The molecule has 1 amide bonds. The summed E-state index contributed by atoms with van der Waals surface area (Å²) >= 11 is 0. The number of nitrogens with zero attached hydrogens (tertiary/aromatic N) is 1. The van der Waals surface area contributed by atoms with Gasteiger partial charge in [0.2, 0.25) is 5.91 Å². The minimum absolute atomic E-state index is 0.145. The van der Waals surface area contributed by atoms with Gasteiger partial charge in [-0.1, -0.05) is 39.3 Å². The number of rotatable bonds is 11. The molecule has 4 nitrogen and oxygen atoms in total. The highest BCUT2D eigenvalue weighted by Gasteiger charge is 2.12. The molecule has 0 radical (unpaired) electrons. The molecule has 0 aliphatic rings. The van der Waals surface area contributed by atoms with E-state index in [9.17, 15) is 4.79 Å². The zero-order valence-electron chi connectivity index (χ0n) is 14.2. The van der Waals surface area contributed by atoms with E-state index >= 15 is 0 Å². The van der Waals surface area contributed by atoms with E-state index in [2.05, 4.69) is 26.1 Å². The van der Waals surface area contributed by atoms with Crippen LogP contribution < -0.4 is 10.1 Å². The topological polar surface area (TPSA) is 41.6 Å². The van der Waals surface area contributed by atoms with E-state index in [1.54, 1.807) is 0 Å². The van der Waals surface area contributed by atoms with E-state index < -0.39 is 0 Å². The number of amides is 1. The first-order valence-corrected chi connectivity index (χ1v) is 8.46. The maximum Gasteiger partial charge on any atom is 0.241 e. The van der Waals surface area contributed by atoms with Crippen LogP contribution in [0.25, 0.3) is 0 Å². The maximum atomic E-state index is 12.3. The van der Waals surface area contributed by atoms with Gasteiger partial charge in [0.05, 0.1) is 18.8 Å². The van der Waals surface area contributed by atoms with Gasteiger partial charge in [0.15, 0.2) is 0 Å². The number of hydrogen-bond donors (Lipinski definition) is 1. The van der Waals surface area contributed by atoms with E-state index in [-0.39, 0.29) is 5.91 Å². The molecule has 0 spiro atoms. The Labute approximate surface area is 134 Å². The zero-order chi connectivity index (χ0) is 16.2. The summed E-state index contributed by atoms with van der Waals surface area (Å²) < 4.78 is 5.78. The Hall–Kier alpha value is -1.71. The van der Waals surface area contributed by atoms with Gasteiger partial charge in [-0.25, -0.2) is 0 Å². The van der Waals surface area contributed by atoms with Crippen molar-refractivity contribution in [2.45, 2.75) is 46.5 Å². The van der Waals surface area contributed by atoms with Gasteiger partial charge in [-0.05, 0) is 31.4 Å². The molecule has 0 fully saturated rings. The van der Waals surface area contributed by atoms with Crippen LogP contribution in [0.4, 0.5) is 5.69 Å². The molecule has 1 N–H and O–H groups in total. The van der Waals surface area contributed by atoms with Crippen molar-refractivity contribution < 1.29 is 9.53 Å². The molecule has 0 aromatic heterocycles. The lowest BCUT2D eigenvalue weighted by atomic mass is 10.2. The van der Waals surface area contributed by atoms with Crippen LogP contribution in [-0.4, -0.2) is 37.0 Å². The summed E-state index contributed by atoms with van der Waals surface area (Å²) in [5, 5.41) is 3.22. The van der Waals surface area contributed by atoms with Crippen LogP contribution in [-0.2, 0) is 4.79 Å². The average Bonchev–Trinajstić information content (AvgIpc) is 2.53. The van der Waals surface area contributed by atoms with Gasteiger partial charge in [0.25, 0.3) is 0 Å². The molecule has 0 saturated carbocycles. The smallest absolute Gasteiger partial charge is 0.241 e. The molecular formula is C18H30N2O2. The number of para-hydroxylation sites is 2. The first-order valence-electron chi connectivity index (χ1n) is 8.46. The third-order valence-electron chi connectivity index (χ3n) is 3.41. The predicted molar refractivity (Wildman–Crippen MR) is 92.5 cm³/mol. The Morgan fingerprint density at radius 3 is 2.41 bits per heavy atom. The summed E-state index contributed by atoms with van der Waals surface area (Å²) in [6.07, 6.45) is 4.12. The molecule has 0 aliphatic carbocycles. The second kappa shape index (κ2) is 10.9. The van der Waals surface area contributed by atoms with Crippen LogP contribution in [0.3, 0.4) is 0 Å². The van der Waals surface area contributed by atoms with Crippen molar-refractivity contribution in [1.29, 1.82) is 0 Å². The molecule has 0 bridgehead atoms. The number of carbonyl (C=O) groups excluding carboxylic acids is 1. The van der Waals surface area contributed by atoms with E-state index in [0.717, 1.165) is 50.2 Å². The molecule has 0 atom stereocenters. The van der Waals surface area contributed by atoms with E-state index in [4.69, 9.17) is 4.74 Å². The summed E-state index contributed by atoms with van der Waals surface area (Å²) in [5.41, 5.74) is 0.889. The van der Waals surface area contributed by atoms with Crippen molar-refractivity contribution in [2.75, 3.05) is 31.6 Å². The standard InChI is InChI=1S/C18H30N2O2/c1-4-7-14-22-17-11-9-8-10-16(17)19-15-18(21)20(12-5-2)13-6-3/h8-11,19H,4-7,12-15H2,1-3H3. The minimum Gasteiger partial charge on any atom is -0.491 e. The molecule has 22 heavy (non-hydrogen) atoms. The monoisotopic (exact) mass is 306 g/mol. The summed E-state index contributed by atoms with van der Waals surface area (Å²) in [7, 11) is 0. The SMILES string of the molecule is CCCCOc1ccccc1NCC(=O)N(CCC)CCC. The molecular weight excluding hydrogens is 276 g/mol. The van der Waals surface area contributed by atoms with Gasteiger partial charge in [0, 0.05) is 13.1 Å². The molecule has 0 unspecified atom stereocenters. The fraction of sp³-hybridized carbons (Fsp3) is 0.611. The third kappa shape index (κ3) is 6.37. The number of unbranched alkanes of at least 4 members (excludes halogenated alkanes) is 1. The normalized spacial score (nSPS) is 10.3. The lowest BCUT2D eigenvalue weighted by molar-refractivity contribution is -0.129. The summed E-state index contributed by atoms with van der Waals surface area (Å²) in [5.74, 6) is 0.966. The Bertz CT molecular complexity index is 429. The Morgan fingerprint density at radius 2 is 1.77 bits per heavy atom. The van der Waals surface area contributed by atoms with Crippen molar-refractivity contribution in [1.82, 2.24) is 4.90 Å². The molecule has 4 heteroatoms. The van der Waals surface area contributed by atoms with Gasteiger partial charge in [0.1, 0.15) is 5.75 Å². The molecule has 1 aromatic rings. The van der Waals surface area contributed by atoms with Gasteiger partial charge in [-0.3, -0.25) is 4.79 Å². The zero-order valence-corrected chi connectivity index (χ0v) is 14.2. The highest BCUT2D eigenvalue weighted by molar-refractivity contribution is 5.81. The second-order valence-electron chi connectivity index (χ2n) is 5.43. The third-order valence-corrected chi connectivity index (χ3v) is 3.41. The highest BCUT2D eigenvalue weighted by atomic mass is 16.5. The first-order chi connectivity index (χ1) is 10.7. The molecule has 0 saturated heterocycles. The number of carbonyl (C=O) groups is 1. The van der Waals surface area contributed by atoms with Gasteiger partial charge >= 0.3 is 0 Å². The number of ether oxygens (including phenoxy) is 1. The minimum atomic E-state index is 0.145. The first kappa shape index (κ1) is 18.3. The average molecular weight is 306 g/mol. The van der Waals surface area contributed by atoms with Crippen LogP contribution in [0.1, 0.15) is 46.5 Å². The van der Waals surface area contributed by atoms with E-state index in [1.807, 2.05) is 29.2 Å². The lowest BCUT2D eigenvalue weighted by Gasteiger charge is -2.22. The number of anilines is 1. The quantitative estimate of drug-likeness (QED) is 0.630. The van der Waals surface area contributed by atoms with Crippen LogP contribution >= 0.6 is 0 Å². The summed E-state index contributed by atoms with van der Waals surface area (Å²) in [4.78, 5) is 14.2. The maximum absolute atomic E-state index is 12.3. The van der Waals surface area contributed by atoms with Crippen molar-refractivity contribution >= 4 is 11.6 Å². The Morgan fingerprint density at radius 1 is 1.09 bits per heavy atom. The van der Waals surface area contributed by atoms with Gasteiger partial charge in [-0.2, -0.15) is 0 Å². The van der Waals surface area contributed by atoms with Crippen LogP contribution in [0.5, 0.6) is 5.75 Å². The van der Waals surface area contributed by atoms with Gasteiger partial charge in [-0.15, -0.1) is 0 Å². The van der Waals surface area contributed by atoms with E-state index in [1.165, 1.54) is 0 Å². The van der Waals surface area contributed by atoms with Crippen molar-refractivity contribution in [3.05, 3.63) is 24.3 Å². The van der Waals surface area contributed by atoms with Crippen molar-refractivity contribution in [2.24, 2.45) is 0 Å². The second-order valence-corrected chi connectivity index (χ2v) is 5.43. The van der Waals surface area contributed by atoms with Crippen LogP contribution in [0.15, 0.2) is 24.3 Å². The fourth-order valence-corrected chi connectivity index (χ4v) is 2.25. The molecule has 124 valence electrons. The Kier molecular flexibility index (Phi) is 9.12. The lowest BCUT2D eigenvalue weighted by Crippen LogP contribution is -2.36. The summed E-state index contributed by atoms with van der Waals surface area (Å²) in [6.45, 7) is 9.00. The van der Waals surface area contributed by atoms with Crippen LogP contribution in [0, 0.1) is 0 Å². The van der Waals surface area contributed by atoms with Crippen LogP contribution in [0.2, 0.25) is 0 Å². The van der Waals surface area contributed by atoms with Crippen molar-refractivity contribution in [3.63, 3.8) is 0 Å². The fourth-order valence-electron chi connectivity index (χ4n) is 2.25. The van der Waals surface area contributed by atoms with E-state index in [0.29, 0.717) is 13.2 Å². The van der Waals surface area contributed by atoms with Crippen molar-refractivity contribution in [3.8, 4) is 5.75 Å². The predicted octanol–water partition coefficient (Wildman–Crippen LogP) is 3.93. The number of nitrogens with one attached hydrogen (secondary N) is 1. The van der Waals surface area contributed by atoms with Gasteiger partial charge < -0.3 is 15.0 Å². The molecule has 1 rings (SSSR count). The molecule has 0 heterocycles. The number of hydrogen-bond acceptors (Lipinski definition) is 3. The number of benzene rings is 1. The Balaban J connectivity index is 2.57. The molecule has 1 aromatic carbocycles. The highest BCUT2D eigenvalue weighted by Crippen LogP contribution is 2.23. The summed E-state index contributed by atoms with van der Waals surface area (Å²) in [6, 6.07) is 7.81. The largest absolute Gasteiger partial charge is 0.491 e.